The summed E-state index contributed by atoms with van der Waals surface area (Å²) in [6, 6.07) is 0. The van der Waals surface area contributed by atoms with Crippen LogP contribution in [0.2, 0.25) is 0 Å². The van der Waals surface area contributed by atoms with Crippen LogP contribution in [0, 0.1) is 0 Å². The topological polar surface area (TPSA) is 6.48 Å². The fourth-order valence-electron chi connectivity index (χ4n) is 9.37. The first-order chi connectivity index (χ1) is 27.8. The van der Waals surface area contributed by atoms with Gasteiger partial charge in [0.05, 0.1) is 0 Å². The molecule has 0 aromatic rings. The second-order valence-electron chi connectivity index (χ2n) is 18.9. The number of nitrogens with zero attached hydrogens (tertiary/aromatic N) is 2. The van der Waals surface area contributed by atoms with Crippen LogP contribution < -0.4 is 0 Å². The van der Waals surface area contributed by atoms with Crippen LogP contribution >= 0.6 is 0 Å². The second kappa shape index (κ2) is 45.4. The molecule has 334 valence electrons. The molecular formula is C54H108N2. The highest BCUT2D eigenvalue weighted by Gasteiger charge is 2.25. The summed E-state index contributed by atoms with van der Waals surface area (Å²) in [5.74, 6) is 0. The SMILES string of the molecule is CCCCCCCCCCCCCCCCCCCN1C=CN(CCCCCCCCCCCCCCCCC)C1CCCCCCCCCCCCCCC. The van der Waals surface area contributed by atoms with Gasteiger partial charge in [-0.3, -0.25) is 0 Å². The Hall–Kier alpha value is -0.660. The van der Waals surface area contributed by atoms with E-state index in [4.69, 9.17) is 0 Å². The molecule has 0 saturated carbocycles. The highest BCUT2D eigenvalue weighted by Crippen LogP contribution is 2.24. The molecule has 0 aliphatic carbocycles. The predicted molar refractivity (Wildman–Crippen MR) is 256 cm³/mol. The molecule has 0 aromatic carbocycles. The maximum atomic E-state index is 2.75. The van der Waals surface area contributed by atoms with Gasteiger partial charge in [0.1, 0.15) is 6.17 Å². The molecule has 0 bridgehead atoms. The van der Waals surface area contributed by atoms with E-state index in [0.29, 0.717) is 6.17 Å². The Bertz CT molecular complexity index is 747. The van der Waals surface area contributed by atoms with Crippen LogP contribution in [-0.4, -0.2) is 29.1 Å². The van der Waals surface area contributed by atoms with Gasteiger partial charge in [0.25, 0.3) is 0 Å². The number of hydrogen-bond acceptors (Lipinski definition) is 2. The van der Waals surface area contributed by atoms with Crippen LogP contribution in [0.5, 0.6) is 0 Å². The molecule has 0 spiro atoms. The molecule has 1 heterocycles. The standard InChI is InChI=1S/C54H108N2/c1-4-7-10-13-16-19-22-25-27-28-30-33-36-39-42-45-48-51-56-53-52-55(50-47-44-41-38-35-32-29-26-23-20-17-14-11-8-5-2)54(56)49-46-43-40-37-34-31-24-21-18-15-12-9-6-3/h52-54H,4-51H2,1-3H3. The summed E-state index contributed by atoms with van der Waals surface area (Å²) >= 11 is 0. The summed E-state index contributed by atoms with van der Waals surface area (Å²) in [5.41, 5.74) is 0. The van der Waals surface area contributed by atoms with E-state index in [9.17, 15) is 0 Å². The highest BCUT2D eigenvalue weighted by molar-refractivity contribution is 4.97. The van der Waals surface area contributed by atoms with Crippen LogP contribution in [0.3, 0.4) is 0 Å². The molecule has 56 heavy (non-hydrogen) atoms. The molecule has 1 aliphatic heterocycles. The van der Waals surface area contributed by atoms with Crippen LogP contribution in [0.15, 0.2) is 12.4 Å². The van der Waals surface area contributed by atoms with Gasteiger partial charge in [0.2, 0.25) is 0 Å². The summed E-state index contributed by atoms with van der Waals surface area (Å²) in [6.45, 7) is 9.50. The van der Waals surface area contributed by atoms with E-state index in [2.05, 4.69) is 43.0 Å². The third-order valence-electron chi connectivity index (χ3n) is 13.3. The Labute approximate surface area is 356 Å². The lowest BCUT2D eigenvalue weighted by Gasteiger charge is -2.33. The molecule has 1 aliphatic rings. The van der Waals surface area contributed by atoms with Gasteiger partial charge in [-0.25, -0.2) is 0 Å². The van der Waals surface area contributed by atoms with Gasteiger partial charge in [-0.15, -0.1) is 0 Å². The first kappa shape index (κ1) is 53.4. The average molecular weight is 785 g/mol. The second-order valence-corrected chi connectivity index (χ2v) is 18.9. The molecule has 0 fully saturated rings. The van der Waals surface area contributed by atoms with Crippen molar-refractivity contribution in [3.8, 4) is 0 Å². The summed E-state index contributed by atoms with van der Waals surface area (Å²) in [7, 11) is 0. The molecule has 2 heteroatoms. The smallest absolute Gasteiger partial charge is 0.101 e. The fourth-order valence-corrected chi connectivity index (χ4v) is 9.37. The van der Waals surface area contributed by atoms with Gasteiger partial charge in [-0.1, -0.05) is 290 Å². The first-order valence-electron chi connectivity index (χ1n) is 27.0. The Kier molecular flexibility index (Phi) is 43.3. The Morgan fingerprint density at radius 2 is 0.411 bits per heavy atom. The van der Waals surface area contributed by atoms with Crippen LogP contribution in [0.4, 0.5) is 0 Å². The van der Waals surface area contributed by atoms with E-state index in [1.807, 2.05) is 0 Å². The van der Waals surface area contributed by atoms with Crippen molar-refractivity contribution in [2.45, 2.75) is 322 Å². The predicted octanol–water partition coefficient (Wildman–Crippen LogP) is 19.4. The third-order valence-corrected chi connectivity index (χ3v) is 13.3. The molecule has 2 nitrogen and oxygen atoms in total. The van der Waals surface area contributed by atoms with E-state index in [1.165, 1.54) is 308 Å². The first-order valence-corrected chi connectivity index (χ1v) is 27.0. The fraction of sp³-hybridized carbons (Fsp3) is 0.963. The lowest BCUT2D eigenvalue weighted by molar-refractivity contribution is 0.135. The van der Waals surface area contributed by atoms with Crippen molar-refractivity contribution >= 4 is 0 Å². The minimum Gasteiger partial charge on any atom is -0.356 e. The van der Waals surface area contributed by atoms with Crippen molar-refractivity contribution < 1.29 is 0 Å². The molecule has 1 atom stereocenters. The van der Waals surface area contributed by atoms with Gasteiger partial charge in [0, 0.05) is 25.5 Å². The van der Waals surface area contributed by atoms with Crippen molar-refractivity contribution in [3.63, 3.8) is 0 Å². The Morgan fingerprint density at radius 3 is 0.625 bits per heavy atom. The minimum absolute atomic E-state index is 0.635. The van der Waals surface area contributed by atoms with Crippen LogP contribution in [-0.2, 0) is 0 Å². The van der Waals surface area contributed by atoms with Crippen molar-refractivity contribution in [2.75, 3.05) is 13.1 Å². The zero-order valence-electron chi connectivity index (χ0n) is 39.6. The quantitative estimate of drug-likeness (QED) is 0.0567. The van der Waals surface area contributed by atoms with E-state index in [0.717, 1.165) is 0 Å². The van der Waals surface area contributed by atoms with Crippen molar-refractivity contribution in [2.24, 2.45) is 0 Å². The van der Waals surface area contributed by atoms with E-state index in [-0.39, 0.29) is 0 Å². The van der Waals surface area contributed by atoms with Crippen LogP contribution in [0.1, 0.15) is 316 Å². The number of unbranched alkanes of at least 4 members (excludes halogenated alkanes) is 42. The summed E-state index contributed by atoms with van der Waals surface area (Å²) < 4.78 is 0. The molecule has 0 aromatic heterocycles. The van der Waals surface area contributed by atoms with Gasteiger partial charge in [-0.05, 0) is 25.7 Å². The minimum atomic E-state index is 0.635. The van der Waals surface area contributed by atoms with Crippen LogP contribution in [0.25, 0.3) is 0 Å². The van der Waals surface area contributed by atoms with E-state index in [1.54, 1.807) is 0 Å². The maximum Gasteiger partial charge on any atom is 0.101 e. The maximum absolute atomic E-state index is 2.75. The summed E-state index contributed by atoms with van der Waals surface area (Å²) in [4.78, 5) is 5.49. The normalized spacial score (nSPS) is 14.2. The highest BCUT2D eigenvalue weighted by atomic mass is 15.4. The summed E-state index contributed by atoms with van der Waals surface area (Å²) in [5, 5.41) is 0. The van der Waals surface area contributed by atoms with Gasteiger partial charge >= 0.3 is 0 Å². The Balaban J connectivity index is 2.18. The average Bonchev–Trinajstić information content (AvgIpc) is 3.59. The van der Waals surface area contributed by atoms with Gasteiger partial charge in [-0.2, -0.15) is 0 Å². The zero-order valence-corrected chi connectivity index (χ0v) is 39.6. The molecule has 0 N–H and O–H groups in total. The van der Waals surface area contributed by atoms with Crippen molar-refractivity contribution in [3.05, 3.63) is 12.4 Å². The largest absolute Gasteiger partial charge is 0.356 e. The molecule has 1 rings (SSSR count). The number of rotatable bonds is 48. The molecular weight excluding hydrogens is 677 g/mol. The third kappa shape index (κ3) is 36.4. The lowest BCUT2D eigenvalue weighted by Crippen LogP contribution is -2.39. The van der Waals surface area contributed by atoms with Gasteiger partial charge in [0.15, 0.2) is 0 Å². The number of hydrogen-bond donors (Lipinski definition) is 0. The molecule has 0 radical (unpaired) electrons. The van der Waals surface area contributed by atoms with E-state index < -0.39 is 0 Å². The lowest BCUT2D eigenvalue weighted by atomic mass is 10.0. The molecule has 1 unspecified atom stereocenters. The summed E-state index contributed by atoms with van der Waals surface area (Å²) in [6.07, 6.45) is 72.3. The Morgan fingerprint density at radius 1 is 0.232 bits per heavy atom. The van der Waals surface area contributed by atoms with Crippen molar-refractivity contribution in [1.29, 1.82) is 0 Å². The monoisotopic (exact) mass is 785 g/mol. The van der Waals surface area contributed by atoms with Crippen molar-refractivity contribution in [1.82, 2.24) is 9.80 Å². The van der Waals surface area contributed by atoms with Gasteiger partial charge < -0.3 is 9.80 Å². The van der Waals surface area contributed by atoms with E-state index >= 15 is 0 Å². The molecule has 0 amide bonds. The molecule has 0 saturated heterocycles. The zero-order chi connectivity index (χ0) is 40.1.